The lowest BCUT2D eigenvalue weighted by molar-refractivity contribution is 0.102. The van der Waals surface area contributed by atoms with E-state index in [-0.39, 0.29) is 11.6 Å². The lowest BCUT2D eigenvalue weighted by Gasteiger charge is -2.07. The first kappa shape index (κ1) is 20.7. The van der Waals surface area contributed by atoms with E-state index in [0.717, 1.165) is 17.7 Å². The standard InChI is InChI=1S/C24H22N4O2S/c29-22(25-21-9-5-2-6-10-21)20-13-11-19(12-14-20)17-31-24-27-26-23(30)28(24)16-15-18-7-3-1-4-8-18/h1-14H,15-17H2,(H,25,29)(H,26,30). The van der Waals surface area contributed by atoms with Gasteiger partial charge in [-0.2, -0.15) is 0 Å². The number of amides is 1. The molecule has 4 rings (SSSR count). The minimum Gasteiger partial charge on any atom is -0.322 e. The number of hydrogen-bond donors (Lipinski definition) is 2. The number of aromatic nitrogens is 3. The van der Waals surface area contributed by atoms with Crippen molar-refractivity contribution in [1.29, 1.82) is 0 Å². The number of H-pyrrole nitrogens is 1. The molecule has 0 saturated carbocycles. The van der Waals surface area contributed by atoms with Gasteiger partial charge >= 0.3 is 5.69 Å². The third-order valence-electron chi connectivity index (χ3n) is 4.81. The van der Waals surface area contributed by atoms with Crippen molar-refractivity contribution in [2.45, 2.75) is 23.9 Å². The number of para-hydroxylation sites is 1. The quantitative estimate of drug-likeness (QED) is 0.407. The number of hydrogen-bond acceptors (Lipinski definition) is 4. The zero-order valence-electron chi connectivity index (χ0n) is 16.8. The van der Waals surface area contributed by atoms with Crippen LogP contribution in [0, 0.1) is 0 Å². The Balaban J connectivity index is 1.35. The fraction of sp³-hybridized carbons (Fsp3) is 0.125. The molecule has 2 N–H and O–H groups in total. The van der Waals surface area contributed by atoms with Crippen molar-refractivity contribution in [3.63, 3.8) is 0 Å². The number of aromatic amines is 1. The second-order valence-electron chi connectivity index (χ2n) is 7.00. The summed E-state index contributed by atoms with van der Waals surface area (Å²) in [4.78, 5) is 24.5. The Labute approximate surface area is 184 Å². The number of aryl methyl sites for hydroxylation is 1. The molecule has 1 heterocycles. The van der Waals surface area contributed by atoms with Crippen molar-refractivity contribution in [3.05, 3.63) is 112 Å². The Hall–Kier alpha value is -3.58. The second kappa shape index (κ2) is 9.95. The van der Waals surface area contributed by atoms with Gasteiger partial charge in [0.25, 0.3) is 5.91 Å². The van der Waals surface area contributed by atoms with Crippen molar-refractivity contribution >= 4 is 23.4 Å². The van der Waals surface area contributed by atoms with Crippen LogP contribution in [-0.2, 0) is 18.7 Å². The first-order valence-corrected chi connectivity index (χ1v) is 10.9. The smallest absolute Gasteiger partial charge is 0.322 e. The highest BCUT2D eigenvalue weighted by molar-refractivity contribution is 7.98. The van der Waals surface area contributed by atoms with E-state index in [1.807, 2.05) is 72.8 Å². The summed E-state index contributed by atoms with van der Waals surface area (Å²) in [6, 6.07) is 26.9. The summed E-state index contributed by atoms with van der Waals surface area (Å²) in [5, 5.41) is 10.2. The topological polar surface area (TPSA) is 79.8 Å². The number of benzene rings is 3. The fourth-order valence-electron chi connectivity index (χ4n) is 3.12. The van der Waals surface area contributed by atoms with E-state index < -0.39 is 0 Å². The Morgan fingerprint density at radius 2 is 1.58 bits per heavy atom. The van der Waals surface area contributed by atoms with Crippen LogP contribution in [-0.4, -0.2) is 20.7 Å². The van der Waals surface area contributed by atoms with Gasteiger partial charge in [0.1, 0.15) is 0 Å². The van der Waals surface area contributed by atoms with Gasteiger partial charge in [-0.1, -0.05) is 72.4 Å². The molecule has 0 radical (unpaired) electrons. The lowest BCUT2D eigenvalue weighted by atomic mass is 10.1. The average Bonchev–Trinajstić information content (AvgIpc) is 3.17. The largest absolute Gasteiger partial charge is 0.343 e. The predicted molar refractivity (Wildman–Crippen MR) is 123 cm³/mol. The van der Waals surface area contributed by atoms with Crippen LogP contribution in [0.25, 0.3) is 0 Å². The number of anilines is 1. The van der Waals surface area contributed by atoms with Gasteiger partial charge in [0.05, 0.1) is 0 Å². The number of rotatable bonds is 8. The van der Waals surface area contributed by atoms with Gasteiger partial charge in [-0.25, -0.2) is 9.89 Å². The Kier molecular flexibility index (Phi) is 6.64. The molecular formula is C24H22N4O2S. The molecule has 0 bridgehead atoms. The van der Waals surface area contributed by atoms with Crippen LogP contribution in [0.4, 0.5) is 5.69 Å². The predicted octanol–water partition coefficient (Wildman–Crippen LogP) is 4.36. The van der Waals surface area contributed by atoms with Gasteiger partial charge in [-0.15, -0.1) is 5.10 Å². The first-order valence-electron chi connectivity index (χ1n) is 9.96. The van der Waals surface area contributed by atoms with Crippen LogP contribution in [0.3, 0.4) is 0 Å². The lowest BCUT2D eigenvalue weighted by Crippen LogP contribution is -2.18. The summed E-state index contributed by atoms with van der Waals surface area (Å²) in [6.45, 7) is 0.570. The molecule has 4 aromatic rings. The van der Waals surface area contributed by atoms with Crippen LogP contribution >= 0.6 is 11.8 Å². The van der Waals surface area contributed by atoms with Crippen molar-refractivity contribution in [3.8, 4) is 0 Å². The van der Waals surface area contributed by atoms with E-state index in [0.29, 0.717) is 23.0 Å². The van der Waals surface area contributed by atoms with E-state index in [4.69, 9.17) is 0 Å². The minimum absolute atomic E-state index is 0.146. The SMILES string of the molecule is O=C(Nc1ccccc1)c1ccc(CSc2n[nH]c(=O)n2CCc2ccccc2)cc1. The van der Waals surface area contributed by atoms with Gasteiger partial charge in [-0.05, 0) is 41.8 Å². The maximum atomic E-state index is 12.4. The van der Waals surface area contributed by atoms with Gasteiger partial charge in [-0.3, -0.25) is 9.36 Å². The number of nitrogens with one attached hydrogen (secondary N) is 2. The van der Waals surface area contributed by atoms with E-state index >= 15 is 0 Å². The Bertz CT molecular complexity index is 1190. The van der Waals surface area contributed by atoms with Gasteiger partial charge < -0.3 is 5.32 Å². The zero-order valence-corrected chi connectivity index (χ0v) is 17.6. The molecule has 0 aliphatic carbocycles. The number of nitrogens with zero attached hydrogens (tertiary/aromatic N) is 2. The average molecular weight is 431 g/mol. The van der Waals surface area contributed by atoms with Gasteiger partial charge in [0.2, 0.25) is 0 Å². The summed E-state index contributed by atoms with van der Waals surface area (Å²) in [7, 11) is 0. The number of carbonyl (C=O) groups excluding carboxylic acids is 1. The normalized spacial score (nSPS) is 10.7. The summed E-state index contributed by atoms with van der Waals surface area (Å²) in [5.74, 6) is 0.503. The van der Waals surface area contributed by atoms with Crippen LogP contribution in [0.1, 0.15) is 21.5 Å². The molecule has 3 aromatic carbocycles. The third-order valence-corrected chi connectivity index (χ3v) is 5.85. The summed E-state index contributed by atoms with van der Waals surface area (Å²) < 4.78 is 1.67. The van der Waals surface area contributed by atoms with E-state index in [2.05, 4.69) is 15.5 Å². The molecule has 6 nitrogen and oxygen atoms in total. The summed E-state index contributed by atoms with van der Waals surface area (Å²) in [6.07, 6.45) is 0.763. The highest BCUT2D eigenvalue weighted by Gasteiger charge is 2.10. The van der Waals surface area contributed by atoms with Crippen molar-refractivity contribution in [2.24, 2.45) is 0 Å². The zero-order chi connectivity index (χ0) is 21.5. The highest BCUT2D eigenvalue weighted by Crippen LogP contribution is 2.20. The first-order chi connectivity index (χ1) is 15.2. The van der Waals surface area contributed by atoms with Gasteiger partial charge in [0, 0.05) is 23.5 Å². The van der Waals surface area contributed by atoms with E-state index in [1.165, 1.54) is 17.3 Å². The molecule has 31 heavy (non-hydrogen) atoms. The fourth-order valence-corrected chi connectivity index (χ4v) is 4.05. The Morgan fingerprint density at radius 1 is 0.903 bits per heavy atom. The van der Waals surface area contributed by atoms with E-state index in [9.17, 15) is 9.59 Å². The van der Waals surface area contributed by atoms with Crippen molar-refractivity contribution in [2.75, 3.05) is 5.32 Å². The molecular weight excluding hydrogens is 408 g/mol. The monoisotopic (exact) mass is 430 g/mol. The molecule has 1 amide bonds. The second-order valence-corrected chi connectivity index (χ2v) is 7.95. The molecule has 0 aliphatic rings. The van der Waals surface area contributed by atoms with Crippen LogP contribution < -0.4 is 11.0 Å². The van der Waals surface area contributed by atoms with E-state index in [1.54, 1.807) is 16.7 Å². The molecule has 1 aromatic heterocycles. The molecule has 0 unspecified atom stereocenters. The third kappa shape index (κ3) is 5.52. The molecule has 0 aliphatic heterocycles. The maximum absolute atomic E-state index is 12.4. The molecule has 0 fully saturated rings. The van der Waals surface area contributed by atoms with Gasteiger partial charge in [0.15, 0.2) is 5.16 Å². The summed E-state index contributed by atoms with van der Waals surface area (Å²) >= 11 is 1.49. The minimum atomic E-state index is -0.202. The molecule has 156 valence electrons. The Morgan fingerprint density at radius 3 is 2.29 bits per heavy atom. The number of thioether (sulfide) groups is 1. The molecule has 7 heteroatoms. The number of carbonyl (C=O) groups is 1. The van der Waals surface area contributed by atoms with Crippen LogP contribution in [0.5, 0.6) is 0 Å². The maximum Gasteiger partial charge on any atom is 0.343 e. The highest BCUT2D eigenvalue weighted by atomic mass is 32.2. The van der Waals surface area contributed by atoms with Crippen molar-refractivity contribution < 1.29 is 4.79 Å². The summed E-state index contributed by atoms with van der Waals surface area (Å²) in [5.41, 5.74) is 3.38. The van der Waals surface area contributed by atoms with Crippen LogP contribution in [0.15, 0.2) is 94.9 Å². The van der Waals surface area contributed by atoms with Crippen molar-refractivity contribution in [1.82, 2.24) is 14.8 Å². The molecule has 0 spiro atoms. The molecule has 0 saturated heterocycles. The van der Waals surface area contributed by atoms with Crippen LogP contribution in [0.2, 0.25) is 0 Å². The molecule has 0 atom stereocenters.